The van der Waals surface area contributed by atoms with Gasteiger partial charge in [-0.15, -0.1) is 0 Å². The van der Waals surface area contributed by atoms with Crippen molar-refractivity contribution in [1.29, 1.82) is 0 Å². The van der Waals surface area contributed by atoms with E-state index in [1.54, 1.807) is 24.3 Å². The van der Waals surface area contributed by atoms with Crippen molar-refractivity contribution in [2.24, 2.45) is 11.8 Å². The molecule has 0 spiro atoms. The van der Waals surface area contributed by atoms with Gasteiger partial charge in [0.05, 0.1) is 18.8 Å². The van der Waals surface area contributed by atoms with Crippen LogP contribution in [0.2, 0.25) is 0 Å². The highest BCUT2D eigenvalue weighted by molar-refractivity contribution is 5.96. The highest BCUT2D eigenvalue weighted by atomic mass is 16.5. The Morgan fingerprint density at radius 3 is 2.39 bits per heavy atom. The molecule has 6 nitrogen and oxygen atoms in total. The zero-order chi connectivity index (χ0) is 22.0. The van der Waals surface area contributed by atoms with Gasteiger partial charge in [0, 0.05) is 18.7 Å². The average molecular weight is 424 g/mol. The summed E-state index contributed by atoms with van der Waals surface area (Å²) in [6.45, 7) is 3.43. The van der Waals surface area contributed by atoms with Crippen LogP contribution in [0.5, 0.6) is 5.75 Å². The Labute approximate surface area is 182 Å². The lowest BCUT2D eigenvalue weighted by Crippen LogP contribution is -2.42. The van der Waals surface area contributed by atoms with E-state index in [0.717, 1.165) is 17.5 Å². The van der Waals surface area contributed by atoms with Crippen molar-refractivity contribution in [3.63, 3.8) is 0 Å². The summed E-state index contributed by atoms with van der Waals surface area (Å²) in [6, 6.07) is 14.5. The van der Waals surface area contributed by atoms with Crippen LogP contribution in [0, 0.1) is 11.8 Å². The first-order chi connectivity index (χ1) is 15.0. The Bertz CT molecular complexity index is 941. The molecule has 0 aromatic heterocycles. The van der Waals surface area contributed by atoms with Gasteiger partial charge in [0.25, 0.3) is 5.91 Å². The molecule has 1 aliphatic heterocycles. The van der Waals surface area contributed by atoms with E-state index >= 15 is 0 Å². The predicted molar refractivity (Wildman–Crippen MR) is 116 cm³/mol. The molecule has 2 fully saturated rings. The van der Waals surface area contributed by atoms with Crippen molar-refractivity contribution in [2.45, 2.75) is 38.4 Å². The number of esters is 1. The summed E-state index contributed by atoms with van der Waals surface area (Å²) in [7, 11) is 1.35. The standard InChI is InChI=1S/C25H29NO5/c1-3-16-6-4-5-7-21(16)24(28)26-14-18-12-22(27)23(13-19(18)15-26)31-20-10-8-17(9-11-20)25(29)30-2/h4-11,18-19,22-23,27H,3,12-15H2,1-2H3/t18-,19+,22+,23+/m0/s1. The van der Waals surface area contributed by atoms with E-state index < -0.39 is 12.1 Å². The molecule has 0 unspecified atom stereocenters. The zero-order valence-electron chi connectivity index (χ0n) is 18.0. The topological polar surface area (TPSA) is 76.1 Å². The first-order valence-corrected chi connectivity index (χ1v) is 10.9. The molecule has 0 bridgehead atoms. The third kappa shape index (κ3) is 4.44. The summed E-state index contributed by atoms with van der Waals surface area (Å²) in [5, 5.41) is 10.7. The van der Waals surface area contributed by atoms with E-state index in [1.807, 2.05) is 29.2 Å². The van der Waals surface area contributed by atoms with Gasteiger partial charge in [0.1, 0.15) is 11.9 Å². The molecule has 1 heterocycles. The van der Waals surface area contributed by atoms with E-state index in [0.29, 0.717) is 43.2 Å². The molecule has 164 valence electrons. The number of aryl methyl sites for hydroxylation is 1. The Morgan fingerprint density at radius 2 is 1.71 bits per heavy atom. The lowest BCUT2D eigenvalue weighted by atomic mass is 9.78. The second-order valence-corrected chi connectivity index (χ2v) is 8.45. The molecule has 2 aliphatic rings. The number of carbonyl (C=O) groups excluding carboxylic acids is 2. The first-order valence-electron chi connectivity index (χ1n) is 10.9. The van der Waals surface area contributed by atoms with Crippen LogP contribution in [0.4, 0.5) is 0 Å². The SMILES string of the molecule is CCc1ccccc1C(=O)N1C[C@H]2C[C@@H](Oc3ccc(C(=O)OC)cc3)[C@H](O)C[C@H]2C1. The van der Waals surface area contributed by atoms with E-state index in [2.05, 4.69) is 6.92 Å². The number of benzene rings is 2. The maximum Gasteiger partial charge on any atom is 0.337 e. The fraction of sp³-hybridized carbons (Fsp3) is 0.440. The third-order valence-corrected chi connectivity index (χ3v) is 6.56. The van der Waals surface area contributed by atoms with Crippen molar-refractivity contribution in [1.82, 2.24) is 4.90 Å². The quantitative estimate of drug-likeness (QED) is 0.747. The van der Waals surface area contributed by atoms with Gasteiger partial charge >= 0.3 is 5.97 Å². The highest BCUT2D eigenvalue weighted by Crippen LogP contribution is 2.38. The molecule has 1 aliphatic carbocycles. The summed E-state index contributed by atoms with van der Waals surface area (Å²) in [5.74, 6) is 0.886. The van der Waals surface area contributed by atoms with Gasteiger partial charge in [-0.25, -0.2) is 4.79 Å². The highest BCUT2D eigenvalue weighted by Gasteiger charge is 2.44. The van der Waals surface area contributed by atoms with E-state index in [1.165, 1.54) is 7.11 Å². The molecule has 1 saturated heterocycles. The number of hydrogen-bond acceptors (Lipinski definition) is 5. The van der Waals surface area contributed by atoms with Crippen LogP contribution in [0.15, 0.2) is 48.5 Å². The Morgan fingerprint density at radius 1 is 1.03 bits per heavy atom. The van der Waals surface area contributed by atoms with Crippen LogP contribution in [0.3, 0.4) is 0 Å². The third-order valence-electron chi connectivity index (χ3n) is 6.56. The second kappa shape index (κ2) is 9.10. The summed E-state index contributed by atoms with van der Waals surface area (Å²) >= 11 is 0. The Hall–Kier alpha value is -2.86. The summed E-state index contributed by atoms with van der Waals surface area (Å²) < 4.78 is 10.8. The van der Waals surface area contributed by atoms with Crippen molar-refractivity contribution < 1.29 is 24.2 Å². The average Bonchev–Trinajstić information content (AvgIpc) is 3.21. The van der Waals surface area contributed by atoms with Gasteiger partial charge in [-0.3, -0.25) is 4.79 Å². The Balaban J connectivity index is 1.41. The number of rotatable bonds is 5. The van der Waals surface area contributed by atoms with Crippen LogP contribution < -0.4 is 4.74 Å². The fourth-order valence-electron chi connectivity index (χ4n) is 4.85. The van der Waals surface area contributed by atoms with Crippen molar-refractivity contribution >= 4 is 11.9 Å². The number of likely N-dealkylation sites (tertiary alicyclic amines) is 1. The van der Waals surface area contributed by atoms with Crippen molar-refractivity contribution in [2.75, 3.05) is 20.2 Å². The van der Waals surface area contributed by atoms with Crippen LogP contribution in [0.1, 0.15) is 46.0 Å². The summed E-state index contributed by atoms with van der Waals surface area (Å²) in [4.78, 5) is 26.6. The number of aliphatic hydroxyl groups is 1. The van der Waals surface area contributed by atoms with Crippen molar-refractivity contribution in [3.05, 3.63) is 65.2 Å². The minimum absolute atomic E-state index is 0.0807. The Kier molecular flexibility index (Phi) is 6.28. The molecule has 2 aromatic rings. The van der Waals surface area contributed by atoms with Gasteiger partial charge in [-0.2, -0.15) is 0 Å². The first kappa shape index (κ1) is 21.4. The minimum atomic E-state index is -0.584. The lowest BCUT2D eigenvalue weighted by molar-refractivity contribution is -0.0231. The number of hydrogen-bond donors (Lipinski definition) is 1. The second-order valence-electron chi connectivity index (χ2n) is 8.45. The minimum Gasteiger partial charge on any atom is -0.488 e. The smallest absolute Gasteiger partial charge is 0.337 e. The normalized spacial score (nSPS) is 25.1. The number of amides is 1. The number of methoxy groups -OCH3 is 1. The molecule has 1 amide bonds. The van der Waals surface area contributed by atoms with Crippen molar-refractivity contribution in [3.8, 4) is 5.75 Å². The van der Waals surface area contributed by atoms with Crippen LogP contribution in [-0.4, -0.2) is 54.3 Å². The molecule has 1 saturated carbocycles. The molecule has 2 aromatic carbocycles. The maximum absolute atomic E-state index is 13.1. The molecule has 1 N–H and O–H groups in total. The molecular formula is C25H29NO5. The van der Waals surface area contributed by atoms with E-state index in [4.69, 9.17) is 9.47 Å². The molecule has 6 heteroatoms. The molecule has 4 rings (SSSR count). The maximum atomic E-state index is 13.1. The van der Waals surface area contributed by atoms with E-state index in [9.17, 15) is 14.7 Å². The van der Waals surface area contributed by atoms with Gasteiger partial charge in [-0.1, -0.05) is 25.1 Å². The molecule has 31 heavy (non-hydrogen) atoms. The fourth-order valence-corrected chi connectivity index (χ4v) is 4.85. The predicted octanol–water partition coefficient (Wildman–Crippen LogP) is 3.33. The summed E-state index contributed by atoms with van der Waals surface area (Å²) in [5.41, 5.74) is 2.30. The number of aliphatic hydroxyl groups excluding tert-OH is 1. The zero-order valence-corrected chi connectivity index (χ0v) is 18.0. The number of carbonyl (C=O) groups is 2. The number of ether oxygens (including phenoxy) is 2. The molecule has 0 radical (unpaired) electrons. The monoisotopic (exact) mass is 423 g/mol. The number of nitrogens with zero attached hydrogens (tertiary/aromatic N) is 1. The number of fused-ring (bicyclic) bond motifs is 1. The summed E-state index contributed by atoms with van der Waals surface area (Å²) in [6.07, 6.45) is 1.23. The van der Waals surface area contributed by atoms with Crippen LogP contribution >= 0.6 is 0 Å². The molecular weight excluding hydrogens is 394 g/mol. The van der Waals surface area contributed by atoms with Crippen LogP contribution in [0.25, 0.3) is 0 Å². The van der Waals surface area contributed by atoms with Gasteiger partial charge in [0.2, 0.25) is 0 Å². The van der Waals surface area contributed by atoms with Crippen LogP contribution in [-0.2, 0) is 11.2 Å². The lowest BCUT2D eigenvalue weighted by Gasteiger charge is -2.35. The van der Waals surface area contributed by atoms with E-state index in [-0.39, 0.29) is 17.9 Å². The van der Waals surface area contributed by atoms with Gasteiger partial charge in [0.15, 0.2) is 0 Å². The van der Waals surface area contributed by atoms with Gasteiger partial charge < -0.3 is 19.5 Å². The largest absolute Gasteiger partial charge is 0.488 e. The van der Waals surface area contributed by atoms with Gasteiger partial charge in [-0.05, 0) is 67.0 Å². The molecule has 4 atom stereocenters.